The average molecular weight is 352 g/mol. The van der Waals surface area contributed by atoms with Crippen molar-refractivity contribution in [3.8, 4) is 11.5 Å². The highest BCUT2D eigenvalue weighted by molar-refractivity contribution is 7.87. The standard InChI is InChI=1S/C15H17BO7S/c1-11-5-3-4-6-15(11)24(19,20)23-12-7-8-13(16(17)18)14(9-12)22-10-21-2/h3-9,17-18H,10H2,1-2H3. The molecule has 0 unspecified atom stereocenters. The molecule has 0 heterocycles. The van der Waals surface area contributed by atoms with Crippen LogP contribution in [-0.4, -0.2) is 39.5 Å². The van der Waals surface area contributed by atoms with Gasteiger partial charge >= 0.3 is 17.2 Å². The van der Waals surface area contributed by atoms with E-state index in [0.717, 1.165) is 0 Å². The number of aryl methyl sites for hydroxylation is 1. The van der Waals surface area contributed by atoms with E-state index in [9.17, 15) is 18.5 Å². The summed E-state index contributed by atoms with van der Waals surface area (Å²) in [6, 6.07) is 10.3. The van der Waals surface area contributed by atoms with Crippen LogP contribution in [0.15, 0.2) is 47.4 Å². The molecule has 0 aliphatic heterocycles. The molecule has 2 rings (SSSR count). The van der Waals surface area contributed by atoms with E-state index in [1.807, 2.05) is 0 Å². The Morgan fingerprint density at radius 1 is 1.12 bits per heavy atom. The molecule has 0 aliphatic rings. The zero-order chi connectivity index (χ0) is 17.7. The summed E-state index contributed by atoms with van der Waals surface area (Å²) >= 11 is 0. The Labute approximate surface area is 140 Å². The van der Waals surface area contributed by atoms with Crippen molar-refractivity contribution in [3.05, 3.63) is 48.0 Å². The Kier molecular flexibility index (Phi) is 5.84. The van der Waals surface area contributed by atoms with Crippen LogP contribution < -0.4 is 14.4 Å². The van der Waals surface area contributed by atoms with Crippen molar-refractivity contribution in [2.24, 2.45) is 0 Å². The normalized spacial score (nSPS) is 11.2. The molecule has 0 fully saturated rings. The third kappa shape index (κ3) is 4.27. The summed E-state index contributed by atoms with van der Waals surface area (Å²) in [6.07, 6.45) is 0. The molecule has 0 atom stereocenters. The third-order valence-corrected chi connectivity index (χ3v) is 4.57. The quantitative estimate of drug-likeness (QED) is 0.423. The van der Waals surface area contributed by atoms with Crippen LogP contribution in [0, 0.1) is 6.92 Å². The van der Waals surface area contributed by atoms with Crippen LogP contribution in [0.5, 0.6) is 11.5 Å². The van der Waals surface area contributed by atoms with Crippen molar-refractivity contribution < 1.29 is 32.1 Å². The van der Waals surface area contributed by atoms with Crippen LogP contribution >= 0.6 is 0 Å². The maximum absolute atomic E-state index is 12.4. The van der Waals surface area contributed by atoms with Crippen molar-refractivity contribution in [1.29, 1.82) is 0 Å². The molecule has 7 nitrogen and oxygen atoms in total. The van der Waals surface area contributed by atoms with Gasteiger partial charge in [0, 0.05) is 18.6 Å². The Morgan fingerprint density at radius 3 is 2.46 bits per heavy atom. The highest BCUT2D eigenvalue weighted by atomic mass is 32.2. The SMILES string of the molecule is COCOc1cc(OS(=O)(=O)c2ccccc2C)ccc1B(O)O. The summed E-state index contributed by atoms with van der Waals surface area (Å²) in [6.45, 7) is 1.52. The van der Waals surface area contributed by atoms with Crippen LogP contribution in [0.1, 0.15) is 5.56 Å². The Morgan fingerprint density at radius 2 is 1.83 bits per heavy atom. The molecule has 0 aromatic heterocycles. The molecule has 0 amide bonds. The van der Waals surface area contributed by atoms with Crippen molar-refractivity contribution in [3.63, 3.8) is 0 Å². The van der Waals surface area contributed by atoms with Crippen molar-refractivity contribution in [1.82, 2.24) is 0 Å². The summed E-state index contributed by atoms with van der Waals surface area (Å²) in [7, 11) is -4.40. The van der Waals surface area contributed by atoms with Gasteiger partial charge in [0.15, 0.2) is 6.79 Å². The number of ether oxygens (including phenoxy) is 2. The molecular formula is C15H17BO7S. The number of benzene rings is 2. The summed E-state index contributed by atoms with van der Waals surface area (Å²) in [5.74, 6) is 0.0260. The number of rotatable bonds is 7. The molecule has 0 spiro atoms. The lowest BCUT2D eigenvalue weighted by Gasteiger charge is -2.13. The predicted octanol–water partition coefficient (Wildman–Crippen LogP) is 0.425. The predicted molar refractivity (Wildman–Crippen MR) is 87.8 cm³/mol. The van der Waals surface area contributed by atoms with Gasteiger partial charge in [-0.1, -0.05) is 24.3 Å². The molecule has 24 heavy (non-hydrogen) atoms. The van der Waals surface area contributed by atoms with Crippen molar-refractivity contribution in [2.45, 2.75) is 11.8 Å². The second-order valence-electron chi connectivity index (χ2n) is 4.93. The lowest BCUT2D eigenvalue weighted by molar-refractivity contribution is 0.0516. The first-order chi connectivity index (χ1) is 11.3. The third-order valence-electron chi connectivity index (χ3n) is 3.16. The van der Waals surface area contributed by atoms with Crippen molar-refractivity contribution in [2.75, 3.05) is 13.9 Å². The van der Waals surface area contributed by atoms with Crippen LogP contribution in [0.2, 0.25) is 0 Å². The molecule has 9 heteroatoms. The first-order valence-electron chi connectivity index (χ1n) is 6.97. The summed E-state index contributed by atoms with van der Waals surface area (Å²) in [4.78, 5) is 0.0515. The molecule has 0 saturated heterocycles. The smallest absolute Gasteiger partial charge is 0.468 e. The van der Waals surface area contributed by atoms with E-state index in [0.29, 0.717) is 5.56 Å². The average Bonchev–Trinajstić information content (AvgIpc) is 2.52. The lowest BCUT2D eigenvalue weighted by Crippen LogP contribution is -2.31. The Balaban J connectivity index is 2.34. The molecule has 2 aromatic carbocycles. The van der Waals surface area contributed by atoms with Crippen LogP contribution in [0.4, 0.5) is 0 Å². The van der Waals surface area contributed by atoms with E-state index < -0.39 is 17.2 Å². The molecule has 128 valence electrons. The van der Waals surface area contributed by atoms with E-state index in [-0.39, 0.29) is 28.7 Å². The fraction of sp³-hybridized carbons (Fsp3) is 0.200. The molecule has 0 radical (unpaired) electrons. The zero-order valence-electron chi connectivity index (χ0n) is 13.2. The lowest BCUT2D eigenvalue weighted by atomic mass is 9.79. The molecule has 0 aliphatic carbocycles. The molecular weight excluding hydrogens is 335 g/mol. The minimum absolute atomic E-state index is 0.0197. The summed E-state index contributed by atoms with van der Waals surface area (Å²) < 4.78 is 39.8. The number of hydrogen-bond acceptors (Lipinski definition) is 7. The van der Waals surface area contributed by atoms with Gasteiger partial charge in [-0.2, -0.15) is 8.42 Å². The van der Waals surface area contributed by atoms with Crippen LogP contribution in [0.3, 0.4) is 0 Å². The topological polar surface area (TPSA) is 102 Å². The van der Waals surface area contributed by atoms with Gasteiger partial charge in [0.25, 0.3) is 0 Å². The molecule has 0 bridgehead atoms. The minimum Gasteiger partial charge on any atom is -0.468 e. The maximum atomic E-state index is 12.4. The molecule has 0 saturated carbocycles. The minimum atomic E-state index is -4.03. The molecule has 2 N–H and O–H groups in total. The van der Waals surface area contributed by atoms with E-state index >= 15 is 0 Å². The van der Waals surface area contributed by atoms with E-state index in [2.05, 4.69) is 0 Å². The Bertz CT molecular complexity index is 805. The van der Waals surface area contributed by atoms with Gasteiger partial charge in [0.1, 0.15) is 16.4 Å². The van der Waals surface area contributed by atoms with Gasteiger partial charge in [-0.3, -0.25) is 0 Å². The fourth-order valence-corrected chi connectivity index (χ4v) is 3.19. The van der Waals surface area contributed by atoms with Gasteiger partial charge in [0.2, 0.25) is 0 Å². The fourth-order valence-electron chi connectivity index (χ4n) is 2.04. The monoisotopic (exact) mass is 352 g/mol. The second-order valence-corrected chi connectivity index (χ2v) is 6.44. The summed E-state index contributed by atoms with van der Waals surface area (Å²) in [5, 5.41) is 18.6. The van der Waals surface area contributed by atoms with E-state index in [1.165, 1.54) is 31.4 Å². The van der Waals surface area contributed by atoms with Crippen molar-refractivity contribution >= 4 is 22.7 Å². The zero-order valence-corrected chi connectivity index (χ0v) is 14.0. The van der Waals surface area contributed by atoms with Gasteiger partial charge in [0.05, 0.1) is 0 Å². The first kappa shape index (κ1) is 18.3. The van der Waals surface area contributed by atoms with E-state index in [1.54, 1.807) is 25.1 Å². The highest BCUT2D eigenvalue weighted by Gasteiger charge is 2.22. The number of methoxy groups -OCH3 is 1. The van der Waals surface area contributed by atoms with Gasteiger partial charge in [-0.05, 0) is 24.6 Å². The first-order valence-corrected chi connectivity index (χ1v) is 8.38. The highest BCUT2D eigenvalue weighted by Crippen LogP contribution is 2.24. The maximum Gasteiger partial charge on any atom is 0.492 e. The molecule has 2 aromatic rings. The van der Waals surface area contributed by atoms with Gasteiger partial charge in [-0.15, -0.1) is 0 Å². The van der Waals surface area contributed by atoms with Crippen LogP contribution in [0.25, 0.3) is 0 Å². The van der Waals surface area contributed by atoms with Gasteiger partial charge < -0.3 is 23.7 Å². The van der Waals surface area contributed by atoms with E-state index in [4.69, 9.17) is 13.7 Å². The van der Waals surface area contributed by atoms with Gasteiger partial charge in [-0.25, -0.2) is 0 Å². The Hall–Kier alpha value is -2.07. The number of hydrogen-bond donors (Lipinski definition) is 2. The summed E-state index contributed by atoms with van der Waals surface area (Å²) in [5.41, 5.74) is 0.614. The van der Waals surface area contributed by atoms with Crippen LogP contribution in [-0.2, 0) is 14.9 Å². The second kappa shape index (κ2) is 7.67. The largest absolute Gasteiger partial charge is 0.492 e.